The second kappa shape index (κ2) is 8.95. The Kier molecular flexibility index (Phi) is 6.40. The quantitative estimate of drug-likeness (QED) is 0.831. The van der Waals surface area contributed by atoms with Crippen molar-refractivity contribution in [3.05, 3.63) is 71.8 Å². The van der Waals surface area contributed by atoms with Gasteiger partial charge in [0, 0.05) is 18.5 Å². The minimum Gasteiger partial charge on any atom is -0.351 e. The summed E-state index contributed by atoms with van der Waals surface area (Å²) < 4.78 is 0. The van der Waals surface area contributed by atoms with Gasteiger partial charge in [0.1, 0.15) is 0 Å². The zero-order chi connectivity index (χ0) is 17.5. The highest BCUT2D eigenvalue weighted by Crippen LogP contribution is 2.29. The molecule has 2 aromatic rings. The maximum absolute atomic E-state index is 12.0. The highest BCUT2D eigenvalue weighted by atomic mass is 32.2. The summed E-state index contributed by atoms with van der Waals surface area (Å²) >= 11 is 1.97. The number of thioether (sulfide) groups is 1. The molecule has 1 heterocycles. The average molecular weight is 355 g/mol. The van der Waals surface area contributed by atoms with Crippen LogP contribution in [0.25, 0.3) is 0 Å². The first kappa shape index (κ1) is 17.9. The Morgan fingerprint density at radius 3 is 2.00 bits per heavy atom. The molecule has 1 aliphatic rings. The van der Waals surface area contributed by atoms with E-state index in [4.69, 9.17) is 5.73 Å². The smallest absolute Gasteiger partial charge is 0.315 e. The van der Waals surface area contributed by atoms with E-state index in [0.29, 0.717) is 12.6 Å². The van der Waals surface area contributed by atoms with Gasteiger partial charge in [0.15, 0.2) is 0 Å². The Balaban J connectivity index is 1.76. The first-order valence-electron chi connectivity index (χ1n) is 8.99. The van der Waals surface area contributed by atoms with E-state index in [1.54, 1.807) is 0 Å². The second-order valence-electron chi connectivity index (χ2n) is 6.54. The predicted molar refractivity (Wildman–Crippen MR) is 106 cm³/mol. The minimum absolute atomic E-state index is 0.280. The third kappa shape index (κ3) is 4.79. The molecule has 0 aromatic heterocycles. The minimum atomic E-state index is -0.281. The molecule has 0 bridgehead atoms. The maximum Gasteiger partial charge on any atom is 0.315 e. The number of urea groups is 1. The summed E-state index contributed by atoms with van der Waals surface area (Å²) in [6.07, 6.45) is 2.99. The molecule has 0 saturated carbocycles. The summed E-state index contributed by atoms with van der Waals surface area (Å²) in [5, 5.41) is 0. The van der Waals surface area contributed by atoms with Crippen molar-refractivity contribution in [2.24, 2.45) is 5.73 Å². The number of primary amides is 1. The van der Waals surface area contributed by atoms with Crippen LogP contribution in [0.15, 0.2) is 60.7 Å². The number of nitrogens with zero attached hydrogens (tertiary/aromatic N) is 1. The lowest BCUT2D eigenvalue weighted by Gasteiger charge is -2.34. The van der Waals surface area contributed by atoms with Crippen LogP contribution < -0.4 is 5.73 Å². The van der Waals surface area contributed by atoms with Gasteiger partial charge in [0.25, 0.3) is 0 Å². The van der Waals surface area contributed by atoms with Crippen molar-refractivity contribution in [2.45, 2.75) is 31.2 Å². The van der Waals surface area contributed by atoms with Gasteiger partial charge in [0.2, 0.25) is 0 Å². The van der Waals surface area contributed by atoms with Gasteiger partial charge in [-0.1, -0.05) is 60.7 Å². The third-order valence-electron chi connectivity index (χ3n) is 4.98. The molecule has 1 aliphatic heterocycles. The lowest BCUT2D eigenvalue weighted by molar-refractivity contribution is 0.177. The van der Waals surface area contributed by atoms with Gasteiger partial charge in [-0.25, -0.2) is 4.79 Å². The number of nitrogens with two attached hydrogens (primary N) is 1. The summed E-state index contributed by atoms with van der Waals surface area (Å²) in [5.74, 6) is 2.52. The Morgan fingerprint density at radius 1 is 1.00 bits per heavy atom. The molecule has 3 rings (SSSR count). The molecule has 25 heavy (non-hydrogen) atoms. The number of benzene rings is 2. The molecule has 3 nitrogen and oxygen atoms in total. The zero-order valence-corrected chi connectivity index (χ0v) is 15.3. The monoisotopic (exact) mass is 354 g/mol. The molecular weight excluding hydrogens is 328 g/mol. The van der Waals surface area contributed by atoms with E-state index in [1.807, 2.05) is 28.8 Å². The van der Waals surface area contributed by atoms with Crippen LogP contribution in [0.2, 0.25) is 0 Å². The van der Waals surface area contributed by atoms with Crippen molar-refractivity contribution in [2.75, 3.05) is 18.1 Å². The van der Waals surface area contributed by atoms with E-state index in [-0.39, 0.29) is 11.9 Å². The Hall–Kier alpha value is -1.94. The molecule has 0 radical (unpaired) electrons. The van der Waals surface area contributed by atoms with Crippen LogP contribution in [0.4, 0.5) is 4.79 Å². The van der Waals surface area contributed by atoms with Crippen LogP contribution in [0, 0.1) is 0 Å². The van der Waals surface area contributed by atoms with Gasteiger partial charge in [-0.05, 0) is 41.9 Å². The van der Waals surface area contributed by atoms with Crippen LogP contribution in [0.3, 0.4) is 0 Å². The van der Waals surface area contributed by atoms with E-state index in [9.17, 15) is 4.79 Å². The van der Waals surface area contributed by atoms with Gasteiger partial charge in [-0.2, -0.15) is 11.8 Å². The molecule has 0 aliphatic carbocycles. The zero-order valence-electron chi connectivity index (χ0n) is 14.5. The Labute approximate surface area is 154 Å². The fourth-order valence-corrected chi connectivity index (χ4v) is 4.72. The van der Waals surface area contributed by atoms with Crippen molar-refractivity contribution in [3.63, 3.8) is 0 Å². The van der Waals surface area contributed by atoms with Crippen LogP contribution in [-0.2, 0) is 0 Å². The fraction of sp³-hybridized carbons (Fsp3) is 0.381. The van der Waals surface area contributed by atoms with E-state index >= 15 is 0 Å². The predicted octanol–water partition coefficient (Wildman–Crippen LogP) is 4.48. The molecule has 2 aromatic carbocycles. The van der Waals surface area contributed by atoms with Crippen LogP contribution >= 0.6 is 11.8 Å². The molecule has 1 saturated heterocycles. The van der Waals surface area contributed by atoms with Crippen LogP contribution in [0.1, 0.15) is 36.3 Å². The Bertz CT molecular complexity index is 617. The lowest BCUT2D eigenvalue weighted by Crippen LogP contribution is -2.46. The number of carbonyl (C=O) groups excluding carboxylic acids is 1. The number of hydrogen-bond acceptors (Lipinski definition) is 2. The molecule has 2 N–H and O–H groups in total. The van der Waals surface area contributed by atoms with Gasteiger partial charge in [0.05, 0.1) is 0 Å². The van der Waals surface area contributed by atoms with Crippen molar-refractivity contribution in [3.8, 4) is 0 Å². The second-order valence-corrected chi connectivity index (χ2v) is 7.76. The van der Waals surface area contributed by atoms with E-state index in [2.05, 4.69) is 48.5 Å². The van der Waals surface area contributed by atoms with Gasteiger partial charge >= 0.3 is 6.03 Å². The van der Waals surface area contributed by atoms with Crippen molar-refractivity contribution >= 4 is 17.8 Å². The number of hydrogen-bond donors (Lipinski definition) is 1. The topological polar surface area (TPSA) is 46.3 Å². The van der Waals surface area contributed by atoms with E-state index < -0.39 is 0 Å². The van der Waals surface area contributed by atoms with Crippen molar-refractivity contribution < 1.29 is 4.79 Å². The standard InChI is InChI=1S/C21H26N2OS/c22-21(24)23(19-12-15-25-16-13-19)14-11-20(17-7-3-1-4-8-17)18-9-5-2-6-10-18/h1-10,19-20H,11-16H2,(H2,22,24). The van der Waals surface area contributed by atoms with Crippen LogP contribution in [0.5, 0.6) is 0 Å². The number of rotatable bonds is 6. The molecular formula is C21H26N2OS. The summed E-state index contributed by atoms with van der Waals surface area (Å²) in [6, 6.07) is 21.1. The van der Waals surface area contributed by atoms with E-state index in [1.165, 1.54) is 11.1 Å². The van der Waals surface area contributed by atoms with Gasteiger partial charge < -0.3 is 10.6 Å². The Morgan fingerprint density at radius 2 is 1.52 bits per heavy atom. The molecule has 0 unspecified atom stereocenters. The molecule has 4 heteroatoms. The first-order valence-corrected chi connectivity index (χ1v) is 10.1. The molecule has 2 amide bonds. The van der Waals surface area contributed by atoms with Crippen molar-refractivity contribution in [1.82, 2.24) is 4.90 Å². The maximum atomic E-state index is 12.0. The third-order valence-corrected chi connectivity index (χ3v) is 6.03. The highest BCUT2D eigenvalue weighted by molar-refractivity contribution is 7.99. The average Bonchev–Trinajstić information content (AvgIpc) is 2.67. The first-order chi connectivity index (χ1) is 12.3. The SMILES string of the molecule is NC(=O)N(CCC(c1ccccc1)c1ccccc1)C1CCSCC1. The molecule has 0 spiro atoms. The number of amides is 2. The number of carbonyl (C=O) groups is 1. The molecule has 0 atom stereocenters. The largest absolute Gasteiger partial charge is 0.351 e. The summed E-state index contributed by atoms with van der Waals surface area (Å²) in [5.41, 5.74) is 8.29. The molecule has 132 valence electrons. The lowest BCUT2D eigenvalue weighted by atomic mass is 9.88. The summed E-state index contributed by atoms with van der Waals surface area (Å²) in [6.45, 7) is 0.707. The van der Waals surface area contributed by atoms with Gasteiger partial charge in [-0.3, -0.25) is 0 Å². The summed E-state index contributed by atoms with van der Waals surface area (Å²) in [7, 11) is 0. The molecule has 1 fully saturated rings. The fourth-order valence-electron chi connectivity index (χ4n) is 3.63. The summed E-state index contributed by atoms with van der Waals surface area (Å²) in [4.78, 5) is 13.9. The van der Waals surface area contributed by atoms with Crippen LogP contribution in [-0.4, -0.2) is 35.0 Å². The van der Waals surface area contributed by atoms with Crippen molar-refractivity contribution in [1.29, 1.82) is 0 Å². The van der Waals surface area contributed by atoms with E-state index in [0.717, 1.165) is 30.8 Å². The highest BCUT2D eigenvalue weighted by Gasteiger charge is 2.25. The normalized spacial score (nSPS) is 15.2. The van der Waals surface area contributed by atoms with Gasteiger partial charge in [-0.15, -0.1) is 0 Å².